The van der Waals surface area contributed by atoms with E-state index in [-0.39, 0.29) is 13.2 Å². The van der Waals surface area contributed by atoms with E-state index in [2.05, 4.69) is 9.05 Å². The van der Waals surface area contributed by atoms with Crippen LogP contribution >= 0.6 is 7.60 Å². The molecule has 6 heteroatoms. The normalized spacial score (nSPS) is 10.1. The SMILES string of the molecule is CP(=O)(OCC#N)OCC#N. The Morgan fingerprint density at radius 3 is 1.91 bits per heavy atom. The Hall–Kier alpha value is -0.870. The molecule has 0 amide bonds. The highest BCUT2D eigenvalue weighted by Crippen LogP contribution is 2.43. The Morgan fingerprint density at radius 1 is 1.27 bits per heavy atom. The van der Waals surface area contributed by atoms with E-state index >= 15 is 0 Å². The van der Waals surface area contributed by atoms with Crippen LogP contribution < -0.4 is 0 Å². The van der Waals surface area contributed by atoms with Crippen molar-refractivity contribution >= 4 is 7.60 Å². The average Bonchev–Trinajstić information content (AvgIpc) is 1.97. The second-order valence-corrected chi connectivity index (χ2v) is 3.69. The summed E-state index contributed by atoms with van der Waals surface area (Å²) in [5.74, 6) is 0. The maximum atomic E-state index is 11.0. The van der Waals surface area contributed by atoms with Crippen molar-refractivity contribution in [3.05, 3.63) is 0 Å². The smallest absolute Gasteiger partial charge is 0.293 e. The van der Waals surface area contributed by atoms with Gasteiger partial charge in [-0.05, 0) is 0 Å². The Bertz CT molecular complexity index is 217. The number of hydrogen-bond acceptors (Lipinski definition) is 5. The monoisotopic (exact) mass is 174 g/mol. The number of rotatable bonds is 4. The predicted molar refractivity (Wildman–Crippen MR) is 36.7 cm³/mol. The second-order valence-electron chi connectivity index (χ2n) is 1.63. The molecule has 0 rings (SSSR count). The molecule has 0 spiro atoms. The molecule has 11 heavy (non-hydrogen) atoms. The van der Waals surface area contributed by atoms with E-state index in [1.165, 1.54) is 6.66 Å². The van der Waals surface area contributed by atoms with Gasteiger partial charge < -0.3 is 0 Å². The minimum Gasteiger partial charge on any atom is -0.293 e. The van der Waals surface area contributed by atoms with Gasteiger partial charge in [0, 0.05) is 6.66 Å². The molecule has 60 valence electrons. The molecule has 0 unspecified atom stereocenters. The molecule has 0 aromatic heterocycles. The van der Waals surface area contributed by atoms with Gasteiger partial charge in [0.25, 0.3) is 0 Å². The van der Waals surface area contributed by atoms with Gasteiger partial charge in [-0.15, -0.1) is 0 Å². The van der Waals surface area contributed by atoms with Crippen LogP contribution in [-0.2, 0) is 13.6 Å². The molecule has 0 fully saturated rings. The van der Waals surface area contributed by atoms with Gasteiger partial charge in [0.05, 0.1) is 12.1 Å². The van der Waals surface area contributed by atoms with E-state index in [0.717, 1.165) is 0 Å². The van der Waals surface area contributed by atoms with E-state index in [1.54, 1.807) is 12.1 Å². The molecule has 0 heterocycles. The number of hydrogen-bond donors (Lipinski definition) is 0. The predicted octanol–water partition coefficient (Wildman–Crippen LogP) is 0.890. The van der Waals surface area contributed by atoms with E-state index in [4.69, 9.17) is 10.5 Å². The third kappa shape index (κ3) is 5.57. The Kier molecular flexibility index (Phi) is 4.49. The van der Waals surface area contributed by atoms with Crippen LogP contribution in [0, 0.1) is 22.7 Å². The lowest BCUT2D eigenvalue weighted by Gasteiger charge is -2.08. The average molecular weight is 174 g/mol. The zero-order valence-electron chi connectivity index (χ0n) is 5.98. The molecule has 0 aromatic carbocycles. The molecule has 0 atom stereocenters. The highest BCUT2D eigenvalue weighted by Gasteiger charge is 2.15. The van der Waals surface area contributed by atoms with Crippen molar-refractivity contribution in [3.8, 4) is 12.1 Å². The van der Waals surface area contributed by atoms with Crippen molar-refractivity contribution in [1.29, 1.82) is 10.5 Å². The Labute approximate surface area is 64.7 Å². The topological polar surface area (TPSA) is 83.1 Å². The zero-order valence-corrected chi connectivity index (χ0v) is 6.88. The molecule has 0 saturated heterocycles. The number of nitriles is 2. The first kappa shape index (κ1) is 10.1. The van der Waals surface area contributed by atoms with Crippen LogP contribution in [-0.4, -0.2) is 19.9 Å². The van der Waals surface area contributed by atoms with Crippen molar-refractivity contribution < 1.29 is 13.6 Å². The minimum atomic E-state index is -3.17. The fraction of sp³-hybridized carbons (Fsp3) is 0.600. The summed E-state index contributed by atoms with van der Waals surface area (Å²) in [6, 6.07) is 3.29. The summed E-state index contributed by atoms with van der Waals surface area (Å²) >= 11 is 0. The first-order valence-electron chi connectivity index (χ1n) is 2.73. The molecule has 0 aromatic rings. The lowest BCUT2D eigenvalue weighted by Crippen LogP contribution is -1.94. The van der Waals surface area contributed by atoms with E-state index in [9.17, 15) is 4.57 Å². The van der Waals surface area contributed by atoms with E-state index < -0.39 is 7.60 Å². The first-order valence-corrected chi connectivity index (χ1v) is 4.72. The second kappa shape index (κ2) is 4.87. The van der Waals surface area contributed by atoms with Crippen LogP contribution in [0.15, 0.2) is 0 Å². The summed E-state index contributed by atoms with van der Waals surface area (Å²) < 4.78 is 20.0. The lowest BCUT2D eigenvalue weighted by atomic mass is 10.9. The molecule has 0 bridgehead atoms. The third-order valence-electron chi connectivity index (χ3n) is 0.727. The summed E-state index contributed by atoms with van der Waals surface area (Å²) in [6.45, 7) is 0.625. The quantitative estimate of drug-likeness (QED) is 0.591. The maximum absolute atomic E-state index is 11.0. The van der Waals surface area contributed by atoms with Crippen molar-refractivity contribution in [2.45, 2.75) is 0 Å². The highest BCUT2D eigenvalue weighted by molar-refractivity contribution is 7.52. The summed E-state index contributed by atoms with van der Waals surface area (Å²) in [4.78, 5) is 0. The van der Waals surface area contributed by atoms with Gasteiger partial charge in [-0.25, -0.2) is 0 Å². The standard InChI is InChI=1S/C5H7N2O3P/c1-11(8,9-4-2-6)10-5-3-7/h4-5H2,1H3. The molecule has 0 radical (unpaired) electrons. The maximum Gasteiger partial charge on any atom is 0.329 e. The van der Waals surface area contributed by atoms with E-state index in [0.29, 0.717) is 0 Å². The molecule has 0 N–H and O–H groups in total. The van der Waals surface area contributed by atoms with Crippen LogP contribution in [0.3, 0.4) is 0 Å². The van der Waals surface area contributed by atoms with Gasteiger partial charge in [0.1, 0.15) is 13.2 Å². The fourth-order valence-electron chi connectivity index (χ4n) is 0.330. The molecular formula is C5H7N2O3P. The molecule has 5 nitrogen and oxygen atoms in total. The van der Waals surface area contributed by atoms with Gasteiger partial charge in [0.15, 0.2) is 0 Å². The molecular weight excluding hydrogens is 167 g/mol. The van der Waals surface area contributed by atoms with Crippen molar-refractivity contribution in [2.75, 3.05) is 19.9 Å². The minimum absolute atomic E-state index is 0.292. The fourth-order valence-corrected chi connectivity index (χ4v) is 0.989. The first-order chi connectivity index (χ1) is 5.12. The summed E-state index contributed by atoms with van der Waals surface area (Å²) in [5, 5.41) is 16.1. The van der Waals surface area contributed by atoms with Crippen LogP contribution in [0.25, 0.3) is 0 Å². The molecule has 0 aliphatic heterocycles. The van der Waals surface area contributed by atoms with E-state index in [1.807, 2.05) is 0 Å². The van der Waals surface area contributed by atoms with Crippen LogP contribution in [0.2, 0.25) is 0 Å². The third-order valence-corrected chi connectivity index (χ3v) is 1.92. The largest absolute Gasteiger partial charge is 0.329 e. The summed E-state index contributed by atoms with van der Waals surface area (Å²) in [6.07, 6.45) is 0. The van der Waals surface area contributed by atoms with Crippen LogP contribution in [0.4, 0.5) is 0 Å². The number of nitrogens with zero attached hydrogens (tertiary/aromatic N) is 2. The summed E-state index contributed by atoms with van der Waals surface area (Å²) in [5.41, 5.74) is 0. The van der Waals surface area contributed by atoms with Crippen LogP contribution in [0.1, 0.15) is 0 Å². The van der Waals surface area contributed by atoms with Crippen molar-refractivity contribution in [2.24, 2.45) is 0 Å². The van der Waals surface area contributed by atoms with Gasteiger partial charge >= 0.3 is 7.60 Å². The highest BCUT2D eigenvalue weighted by atomic mass is 31.2. The van der Waals surface area contributed by atoms with Crippen LogP contribution in [0.5, 0.6) is 0 Å². The van der Waals surface area contributed by atoms with Crippen molar-refractivity contribution in [1.82, 2.24) is 0 Å². The van der Waals surface area contributed by atoms with Gasteiger partial charge in [0.2, 0.25) is 0 Å². The van der Waals surface area contributed by atoms with Gasteiger partial charge in [-0.3, -0.25) is 13.6 Å². The van der Waals surface area contributed by atoms with Gasteiger partial charge in [-0.1, -0.05) is 0 Å². The molecule has 0 aliphatic carbocycles. The lowest BCUT2D eigenvalue weighted by molar-refractivity contribution is 0.246. The van der Waals surface area contributed by atoms with Gasteiger partial charge in [-0.2, -0.15) is 10.5 Å². The molecule has 0 aliphatic rings. The zero-order chi connectivity index (χ0) is 8.74. The summed E-state index contributed by atoms with van der Waals surface area (Å²) in [7, 11) is -3.17. The Balaban J connectivity index is 3.75. The Morgan fingerprint density at radius 2 is 1.64 bits per heavy atom. The molecule has 0 saturated carbocycles. The van der Waals surface area contributed by atoms with Crippen molar-refractivity contribution in [3.63, 3.8) is 0 Å².